The number of anilines is 2. The van der Waals surface area contributed by atoms with Gasteiger partial charge in [-0.25, -0.2) is 4.79 Å². The molecule has 2 N–H and O–H groups in total. The number of ether oxygens (including phenoxy) is 2. The van der Waals surface area contributed by atoms with E-state index in [0.717, 1.165) is 30.8 Å². The zero-order chi connectivity index (χ0) is 17.1. The molecule has 0 bridgehead atoms. The van der Waals surface area contributed by atoms with Crippen LogP contribution < -0.4 is 10.6 Å². The number of amides is 1. The maximum Gasteiger partial charge on any atom is 0.412 e. The maximum absolute atomic E-state index is 11.8. The molecule has 1 aliphatic rings. The van der Waals surface area contributed by atoms with Crippen molar-refractivity contribution >= 4 is 17.5 Å². The molecule has 0 saturated carbocycles. The Kier molecular flexibility index (Phi) is 5.19. The van der Waals surface area contributed by atoms with Crippen LogP contribution in [0.3, 0.4) is 0 Å². The first kappa shape index (κ1) is 17.6. The number of benzene rings is 1. The molecule has 5 nitrogen and oxygen atoms in total. The van der Waals surface area contributed by atoms with Crippen molar-refractivity contribution in [2.75, 3.05) is 17.2 Å². The lowest BCUT2D eigenvalue weighted by Gasteiger charge is -2.36. The highest BCUT2D eigenvalue weighted by molar-refractivity contribution is 5.85. The van der Waals surface area contributed by atoms with E-state index in [0.29, 0.717) is 6.04 Å². The Morgan fingerprint density at radius 3 is 2.65 bits per heavy atom. The molecule has 1 heterocycles. The smallest absolute Gasteiger partial charge is 0.412 e. The second kappa shape index (κ2) is 6.79. The number of rotatable bonds is 3. The Balaban J connectivity index is 1.96. The van der Waals surface area contributed by atoms with Crippen LogP contribution in [0, 0.1) is 0 Å². The number of carbonyl (C=O) groups excluding carboxylic acids is 1. The summed E-state index contributed by atoms with van der Waals surface area (Å²) in [6.45, 7) is 10.5. The molecule has 1 aromatic rings. The quantitative estimate of drug-likeness (QED) is 0.866. The van der Waals surface area contributed by atoms with Crippen LogP contribution >= 0.6 is 0 Å². The highest BCUT2D eigenvalue weighted by Crippen LogP contribution is 2.27. The van der Waals surface area contributed by atoms with E-state index in [9.17, 15) is 4.79 Å². The fraction of sp³-hybridized carbons (Fsp3) is 0.611. The van der Waals surface area contributed by atoms with Crippen LogP contribution in [-0.4, -0.2) is 29.9 Å². The van der Waals surface area contributed by atoms with Gasteiger partial charge in [-0.15, -0.1) is 0 Å². The van der Waals surface area contributed by atoms with E-state index in [1.165, 1.54) is 0 Å². The Morgan fingerprint density at radius 2 is 2.00 bits per heavy atom. The predicted molar refractivity (Wildman–Crippen MR) is 93.0 cm³/mol. The van der Waals surface area contributed by atoms with Crippen LogP contribution in [0.25, 0.3) is 0 Å². The Bertz CT molecular complexity index is 549. The van der Waals surface area contributed by atoms with E-state index in [4.69, 9.17) is 9.47 Å². The lowest BCUT2D eigenvalue weighted by molar-refractivity contribution is -0.0553. The molecule has 128 valence electrons. The number of nitrogens with one attached hydrogen (secondary N) is 2. The van der Waals surface area contributed by atoms with Gasteiger partial charge in [-0.1, -0.05) is 6.07 Å². The highest BCUT2D eigenvalue weighted by atomic mass is 16.6. The third kappa shape index (κ3) is 6.10. The van der Waals surface area contributed by atoms with Crippen LogP contribution in [0.5, 0.6) is 0 Å². The van der Waals surface area contributed by atoms with Crippen molar-refractivity contribution in [3.63, 3.8) is 0 Å². The lowest BCUT2D eigenvalue weighted by atomic mass is 9.94. The van der Waals surface area contributed by atoms with Crippen molar-refractivity contribution in [3.05, 3.63) is 24.3 Å². The van der Waals surface area contributed by atoms with Crippen molar-refractivity contribution in [1.29, 1.82) is 0 Å². The van der Waals surface area contributed by atoms with E-state index in [1.54, 1.807) is 0 Å². The third-order valence-corrected chi connectivity index (χ3v) is 3.58. The molecule has 1 unspecified atom stereocenters. The zero-order valence-corrected chi connectivity index (χ0v) is 14.7. The summed E-state index contributed by atoms with van der Waals surface area (Å²) in [7, 11) is 0. The Hall–Kier alpha value is -1.75. The summed E-state index contributed by atoms with van der Waals surface area (Å²) in [4.78, 5) is 11.8. The van der Waals surface area contributed by atoms with Crippen LogP contribution in [0.15, 0.2) is 24.3 Å². The molecule has 0 aliphatic carbocycles. The molecule has 5 heteroatoms. The van der Waals surface area contributed by atoms with E-state index in [-0.39, 0.29) is 5.60 Å². The number of hydrogen-bond donors (Lipinski definition) is 2. The molecule has 1 amide bonds. The van der Waals surface area contributed by atoms with Gasteiger partial charge < -0.3 is 14.8 Å². The molecule has 0 aromatic heterocycles. The lowest BCUT2D eigenvalue weighted by Crippen LogP contribution is -2.40. The monoisotopic (exact) mass is 320 g/mol. The van der Waals surface area contributed by atoms with Gasteiger partial charge in [-0.05, 0) is 65.7 Å². The molecule has 1 fully saturated rings. The molecular weight excluding hydrogens is 292 g/mol. The summed E-state index contributed by atoms with van der Waals surface area (Å²) in [5, 5.41) is 6.29. The van der Waals surface area contributed by atoms with Gasteiger partial charge in [0.05, 0.1) is 5.60 Å². The first-order valence-corrected chi connectivity index (χ1v) is 8.14. The molecule has 1 atom stereocenters. The molecule has 1 aliphatic heterocycles. The molecule has 2 rings (SSSR count). The predicted octanol–water partition coefficient (Wildman–Crippen LogP) is 4.40. The van der Waals surface area contributed by atoms with Gasteiger partial charge in [0.25, 0.3) is 0 Å². The number of hydrogen-bond acceptors (Lipinski definition) is 4. The van der Waals surface area contributed by atoms with Gasteiger partial charge in [0, 0.05) is 24.0 Å². The van der Waals surface area contributed by atoms with Gasteiger partial charge in [-0.3, -0.25) is 5.32 Å². The van der Waals surface area contributed by atoms with Crippen molar-refractivity contribution in [1.82, 2.24) is 0 Å². The zero-order valence-electron chi connectivity index (χ0n) is 14.7. The fourth-order valence-electron chi connectivity index (χ4n) is 2.70. The van der Waals surface area contributed by atoms with Crippen LogP contribution in [0.1, 0.15) is 47.5 Å². The summed E-state index contributed by atoms with van der Waals surface area (Å²) in [5.74, 6) is 0. The SMILES string of the molecule is CC(C)(C)OC(=O)Nc1cccc(NC2CCOC(C)(C)C2)c1. The van der Waals surface area contributed by atoms with Crippen molar-refractivity contribution in [3.8, 4) is 0 Å². The average Bonchev–Trinajstić information content (AvgIpc) is 2.35. The van der Waals surface area contributed by atoms with Gasteiger partial charge in [0.15, 0.2) is 0 Å². The molecule has 0 spiro atoms. The molecule has 23 heavy (non-hydrogen) atoms. The topological polar surface area (TPSA) is 59.6 Å². The summed E-state index contributed by atoms with van der Waals surface area (Å²) in [6.07, 6.45) is 1.49. The minimum Gasteiger partial charge on any atom is -0.444 e. The standard InChI is InChI=1S/C18H28N2O3/c1-17(2,3)23-16(21)20-14-8-6-7-13(11-14)19-15-9-10-22-18(4,5)12-15/h6-8,11,15,19H,9-10,12H2,1-5H3,(H,20,21). The van der Waals surface area contributed by atoms with Gasteiger partial charge in [0.2, 0.25) is 0 Å². The minimum atomic E-state index is -0.506. The van der Waals surface area contributed by atoms with E-state index >= 15 is 0 Å². The summed E-state index contributed by atoms with van der Waals surface area (Å²) in [6, 6.07) is 8.06. The molecular formula is C18H28N2O3. The molecule has 0 radical (unpaired) electrons. The fourth-order valence-corrected chi connectivity index (χ4v) is 2.70. The van der Waals surface area contributed by atoms with Gasteiger partial charge in [-0.2, -0.15) is 0 Å². The van der Waals surface area contributed by atoms with E-state index < -0.39 is 11.7 Å². The second-order valence-corrected chi connectivity index (χ2v) is 7.65. The highest BCUT2D eigenvalue weighted by Gasteiger charge is 2.28. The van der Waals surface area contributed by atoms with Crippen molar-refractivity contribution in [2.45, 2.75) is 64.7 Å². The first-order chi connectivity index (χ1) is 10.6. The Morgan fingerprint density at radius 1 is 1.30 bits per heavy atom. The third-order valence-electron chi connectivity index (χ3n) is 3.58. The minimum absolute atomic E-state index is 0.0949. The Labute approximate surface area is 138 Å². The van der Waals surface area contributed by atoms with Crippen molar-refractivity contribution in [2.24, 2.45) is 0 Å². The van der Waals surface area contributed by atoms with Crippen molar-refractivity contribution < 1.29 is 14.3 Å². The average molecular weight is 320 g/mol. The largest absolute Gasteiger partial charge is 0.444 e. The van der Waals surface area contributed by atoms with Gasteiger partial charge >= 0.3 is 6.09 Å². The van der Waals surface area contributed by atoms with Crippen LogP contribution in [-0.2, 0) is 9.47 Å². The van der Waals surface area contributed by atoms with Gasteiger partial charge in [0.1, 0.15) is 5.60 Å². The first-order valence-electron chi connectivity index (χ1n) is 8.14. The summed E-state index contributed by atoms with van der Waals surface area (Å²) < 4.78 is 11.0. The van der Waals surface area contributed by atoms with E-state index in [1.807, 2.05) is 45.0 Å². The summed E-state index contributed by atoms with van der Waals surface area (Å²) >= 11 is 0. The summed E-state index contributed by atoms with van der Waals surface area (Å²) in [5.41, 5.74) is 1.10. The van der Waals surface area contributed by atoms with Crippen LogP contribution in [0.2, 0.25) is 0 Å². The van der Waals surface area contributed by atoms with E-state index in [2.05, 4.69) is 24.5 Å². The normalized spacial score (nSPS) is 20.7. The maximum atomic E-state index is 11.8. The second-order valence-electron chi connectivity index (χ2n) is 7.65. The number of carbonyl (C=O) groups is 1. The molecule has 1 saturated heterocycles. The van der Waals surface area contributed by atoms with Crippen LogP contribution in [0.4, 0.5) is 16.2 Å². The molecule has 1 aromatic carbocycles.